The van der Waals surface area contributed by atoms with Crippen molar-refractivity contribution in [2.24, 2.45) is 0 Å². The van der Waals surface area contributed by atoms with E-state index in [1.807, 2.05) is 43.3 Å². The first-order chi connectivity index (χ1) is 19.4. The fourth-order valence-electron chi connectivity index (χ4n) is 3.61. The summed E-state index contributed by atoms with van der Waals surface area (Å²) in [6.45, 7) is 1.32. The van der Waals surface area contributed by atoms with Crippen molar-refractivity contribution in [1.29, 1.82) is 5.26 Å². The maximum atomic E-state index is 10.3. The minimum Gasteiger partial charge on any atom is -0.493 e. The zero-order chi connectivity index (χ0) is 28.6. The summed E-state index contributed by atoms with van der Waals surface area (Å²) in [6, 6.07) is 13.4. The molecule has 0 aliphatic rings. The predicted octanol–water partition coefficient (Wildman–Crippen LogP) is 4.69. The van der Waals surface area contributed by atoms with Crippen molar-refractivity contribution in [3.8, 4) is 34.6 Å². The van der Waals surface area contributed by atoms with E-state index in [4.69, 9.17) is 35.8 Å². The molecule has 14 heteroatoms. The van der Waals surface area contributed by atoms with Gasteiger partial charge in [-0.3, -0.25) is 0 Å². The summed E-state index contributed by atoms with van der Waals surface area (Å²) in [6.07, 6.45) is 0. The third-order valence-corrected chi connectivity index (χ3v) is 7.77. The topological polar surface area (TPSA) is 124 Å². The number of likely N-dealkylation sites (N-methyl/N-ethyl adjacent to an activating group) is 1. The molecule has 0 N–H and O–H groups in total. The van der Waals surface area contributed by atoms with Gasteiger partial charge in [-0.25, -0.2) is 14.6 Å². The van der Waals surface area contributed by atoms with Crippen LogP contribution in [-0.4, -0.2) is 77.0 Å². The number of tetrazole rings is 1. The van der Waals surface area contributed by atoms with Gasteiger partial charge >= 0.3 is 0 Å². The molecule has 0 spiro atoms. The highest BCUT2D eigenvalue weighted by molar-refractivity contribution is 7.99. The van der Waals surface area contributed by atoms with E-state index in [0.29, 0.717) is 61.2 Å². The number of aromatic nitrogens is 6. The second kappa shape index (κ2) is 13.7. The van der Waals surface area contributed by atoms with Gasteiger partial charge in [-0.2, -0.15) is 5.26 Å². The van der Waals surface area contributed by atoms with Gasteiger partial charge in [-0.1, -0.05) is 35.5 Å². The Hall–Kier alpha value is -3.57. The third-order valence-electron chi connectivity index (χ3n) is 5.63. The molecule has 0 aliphatic carbocycles. The van der Waals surface area contributed by atoms with Gasteiger partial charge in [0.1, 0.15) is 16.7 Å². The maximum Gasteiger partial charge on any atom is 0.215 e. The fraction of sp³-hybridized carbons (Fsp3) is 0.308. The molecular weight excluding hydrogens is 572 g/mol. The number of methoxy groups -OCH3 is 3. The molecule has 0 atom stereocenters. The maximum absolute atomic E-state index is 10.3. The van der Waals surface area contributed by atoms with Gasteiger partial charge in [0.05, 0.1) is 33.6 Å². The number of benzene rings is 2. The lowest BCUT2D eigenvalue weighted by molar-refractivity contribution is 0.324. The van der Waals surface area contributed by atoms with E-state index in [0.717, 1.165) is 12.1 Å². The molecule has 11 nitrogen and oxygen atoms in total. The number of thioether (sulfide) groups is 1. The van der Waals surface area contributed by atoms with Gasteiger partial charge in [0.2, 0.25) is 10.9 Å². The monoisotopic (exact) mass is 598 g/mol. The first-order valence-corrected chi connectivity index (χ1v) is 14.1. The summed E-state index contributed by atoms with van der Waals surface area (Å²) in [4.78, 5) is 11.6. The summed E-state index contributed by atoms with van der Waals surface area (Å²) in [5.74, 6) is 1.92. The van der Waals surface area contributed by atoms with Crippen LogP contribution in [0.4, 0.5) is 0 Å². The molecule has 2 heterocycles. The number of ether oxygens (including phenoxy) is 3. The Morgan fingerprint density at radius 1 is 1.02 bits per heavy atom. The van der Waals surface area contributed by atoms with Gasteiger partial charge < -0.3 is 19.1 Å². The number of halogens is 1. The molecule has 4 rings (SSSR count). The van der Waals surface area contributed by atoms with Gasteiger partial charge in [0.25, 0.3) is 0 Å². The molecule has 0 aliphatic heterocycles. The molecule has 40 heavy (non-hydrogen) atoms. The SMILES string of the molecule is COc1cc(-c2nc(SCc3ccc(Cl)cc3)nc(Sc3nnnn3CCN(C)C)c2C#N)cc(OC)c1OC. The lowest BCUT2D eigenvalue weighted by atomic mass is 10.1. The third kappa shape index (κ3) is 6.95. The van der Waals surface area contributed by atoms with Crippen LogP contribution in [0.15, 0.2) is 51.7 Å². The van der Waals surface area contributed by atoms with Crippen molar-refractivity contribution < 1.29 is 14.2 Å². The smallest absolute Gasteiger partial charge is 0.215 e. The number of nitriles is 1. The summed E-state index contributed by atoms with van der Waals surface area (Å²) in [7, 11) is 8.56. The molecule has 2 aromatic carbocycles. The van der Waals surface area contributed by atoms with Crippen LogP contribution in [0.1, 0.15) is 11.1 Å². The van der Waals surface area contributed by atoms with Crippen LogP contribution < -0.4 is 14.2 Å². The van der Waals surface area contributed by atoms with Crippen LogP contribution in [0.5, 0.6) is 17.2 Å². The van der Waals surface area contributed by atoms with Crippen LogP contribution in [-0.2, 0) is 12.3 Å². The summed E-state index contributed by atoms with van der Waals surface area (Å²) < 4.78 is 18.3. The number of rotatable bonds is 12. The first kappa shape index (κ1) is 29.4. The van der Waals surface area contributed by atoms with Crippen LogP contribution in [0.3, 0.4) is 0 Å². The highest BCUT2D eigenvalue weighted by Crippen LogP contribution is 2.43. The Morgan fingerprint density at radius 2 is 1.73 bits per heavy atom. The second-order valence-electron chi connectivity index (χ2n) is 8.57. The second-order valence-corrected chi connectivity index (χ2v) is 10.9. The first-order valence-electron chi connectivity index (χ1n) is 11.9. The standard InChI is InChI=1S/C26H27ClN8O3S2/c1-34(2)10-11-35-26(31-32-33-35)40-24-19(14-28)22(17-12-20(36-3)23(38-5)21(13-17)37-4)29-25(30-24)39-15-16-6-8-18(27)9-7-16/h6-9,12-13H,10-11,15H2,1-5H3. The number of hydrogen-bond acceptors (Lipinski definition) is 12. The highest BCUT2D eigenvalue weighted by Gasteiger charge is 2.23. The zero-order valence-corrected chi connectivity index (χ0v) is 25.0. The molecule has 0 fully saturated rings. The Labute approximate surface area is 245 Å². The Bertz CT molecular complexity index is 1480. The molecule has 2 aromatic heterocycles. The van der Waals surface area contributed by atoms with E-state index in [1.54, 1.807) is 16.8 Å². The fourth-order valence-corrected chi connectivity index (χ4v) is 5.45. The average Bonchev–Trinajstić information content (AvgIpc) is 3.41. The molecular formula is C26H27ClN8O3S2. The molecule has 4 aromatic rings. The van der Waals surface area contributed by atoms with Crippen molar-refractivity contribution in [1.82, 2.24) is 35.1 Å². The normalized spacial score (nSPS) is 10.9. The van der Waals surface area contributed by atoms with Crippen LogP contribution in [0.2, 0.25) is 5.02 Å². The van der Waals surface area contributed by atoms with Gasteiger partial charge in [0, 0.05) is 22.9 Å². The van der Waals surface area contributed by atoms with Gasteiger partial charge in [0.15, 0.2) is 16.7 Å². The van der Waals surface area contributed by atoms with E-state index in [1.165, 1.54) is 44.9 Å². The van der Waals surface area contributed by atoms with Crippen molar-refractivity contribution in [3.05, 3.63) is 52.5 Å². The molecule has 208 valence electrons. The molecule has 0 amide bonds. The van der Waals surface area contributed by atoms with Crippen molar-refractivity contribution in [2.45, 2.75) is 27.6 Å². The van der Waals surface area contributed by atoms with Gasteiger partial charge in [-0.05, 0) is 66.1 Å². The lowest BCUT2D eigenvalue weighted by Crippen LogP contribution is -2.19. The Balaban J connectivity index is 1.81. The minimum absolute atomic E-state index is 0.275. The van der Waals surface area contributed by atoms with Crippen LogP contribution in [0, 0.1) is 11.3 Å². The van der Waals surface area contributed by atoms with Crippen molar-refractivity contribution in [3.63, 3.8) is 0 Å². The van der Waals surface area contributed by atoms with Crippen molar-refractivity contribution >= 4 is 35.1 Å². The summed E-state index contributed by atoms with van der Waals surface area (Å²) in [5.41, 5.74) is 2.36. The zero-order valence-electron chi connectivity index (χ0n) is 22.6. The van der Waals surface area contributed by atoms with Gasteiger partial charge in [-0.15, -0.1) is 5.10 Å². The summed E-state index contributed by atoms with van der Waals surface area (Å²) >= 11 is 8.70. The van der Waals surface area contributed by atoms with E-state index >= 15 is 0 Å². The highest BCUT2D eigenvalue weighted by atomic mass is 35.5. The molecule has 0 saturated heterocycles. The quantitative estimate of drug-likeness (QED) is 0.128. The largest absolute Gasteiger partial charge is 0.493 e. The lowest BCUT2D eigenvalue weighted by Gasteiger charge is -2.16. The molecule has 0 saturated carbocycles. The Kier molecular flexibility index (Phi) is 10.1. The molecule has 0 bridgehead atoms. The molecule has 0 radical (unpaired) electrons. The van der Waals surface area contributed by atoms with E-state index in [-0.39, 0.29) is 5.56 Å². The minimum atomic E-state index is 0.275. The van der Waals surface area contributed by atoms with E-state index in [9.17, 15) is 5.26 Å². The van der Waals surface area contributed by atoms with Crippen molar-refractivity contribution in [2.75, 3.05) is 42.0 Å². The molecule has 0 unspecified atom stereocenters. The van der Waals surface area contributed by atoms with E-state index in [2.05, 4.69) is 21.6 Å². The summed E-state index contributed by atoms with van der Waals surface area (Å²) in [5, 5.41) is 24.5. The van der Waals surface area contributed by atoms with E-state index < -0.39 is 0 Å². The van der Waals surface area contributed by atoms with Crippen LogP contribution >= 0.6 is 35.1 Å². The predicted molar refractivity (Wildman–Crippen MR) is 153 cm³/mol. The Morgan fingerprint density at radius 3 is 2.33 bits per heavy atom. The number of hydrogen-bond donors (Lipinski definition) is 0. The van der Waals surface area contributed by atoms with Crippen LogP contribution in [0.25, 0.3) is 11.3 Å². The average molecular weight is 599 g/mol. The number of nitrogens with zero attached hydrogens (tertiary/aromatic N) is 8.